The second kappa shape index (κ2) is 29.7. The number of hydrogen-bond acceptors (Lipinski definition) is 9. The molecule has 0 aromatic carbocycles. The van der Waals surface area contributed by atoms with E-state index in [-0.39, 0.29) is 26.1 Å². The van der Waals surface area contributed by atoms with E-state index in [4.69, 9.17) is 15.8 Å². The van der Waals surface area contributed by atoms with Gasteiger partial charge in [0.2, 0.25) is 30.1 Å². The Morgan fingerprint density at radius 1 is 0.400 bits per heavy atom. The standard InChI is InChI=1S/C35H66N6O6S3/c1-2-3-4-14-21-28-35(48(42,43)39-32-25-18-11-5-8-15-22-29-36,49(44,45)40-33-26-19-12-6-9-16-23-30-37)50(46,47)41-34-27-20-13-7-10-17-24-31-38/h39-41H,2-28,32-34H2,1H3. The molecular weight excluding hydrogens is 697 g/mol. The molecule has 3 N–H and O–H groups in total. The molecule has 0 atom stereocenters. The molecule has 0 saturated heterocycles. The molecule has 0 aliphatic rings. The zero-order valence-electron chi connectivity index (χ0n) is 30.7. The zero-order chi connectivity index (χ0) is 37.5. The van der Waals surface area contributed by atoms with E-state index in [0.29, 0.717) is 64.2 Å². The van der Waals surface area contributed by atoms with Gasteiger partial charge in [0.05, 0.1) is 18.2 Å². The van der Waals surface area contributed by atoms with Crippen molar-refractivity contribution in [3.63, 3.8) is 0 Å². The Balaban J connectivity index is 5.98. The van der Waals surface area contributed by atoms with Crippen LogP contribution in [0.2, 0.25) is 0 Å². The molecule has 0 fully saturated rings. The van der Waals surface area contributed by atoms with Crippen molar-refractivity contribution in [2.45, 2.75) is 184 Å². The van der Waals surface area contributed by atoms with Gasteiger partial charge in [-0.25, -0.2) is 39.4 Å². The van der Waals surface area contributed by atoms with Gasteiger partial charge in [0, 0.05) is 45.3 Å². The molecule has 0 heterocycles. The lowest BCUT2D eigenvalue weighted by atomic mass is 10.1. The fourth-order valence-electron chi connectivity index (χ4n) is 5.84. The molecule has 0 aromatic rings. The van der Waals surface area contributed by atoms with Crippen molar-refractivity contribution >= 4 is 30.1 Å². The minimum atomic E-state index is -4.96. The average molecular weight is 763 g/mol. The van der Waals surface area contributed by atoms with Crippen LogP contribution in [-0.4, -0.2) is 48.3 Å². The molecule has 290 valence electrons. The molecule has 12 nitrogen and oxygen atoms in total. The van der Waals surface area contributed by atoms with Crippen LogP contribution in [-0.2, 0) is 30.1 Å². The van der Waals surface area contributed by atoms with Crippen molar-refractivity contribution in [3.8, 4) is 18.2 Å². The molecule has 0 aliphatic carbocycles. The van der Waals surface area contributed by atoms with Crippen LogP contribution in [0.15, 0.2) is 0 Å². The highest BCUT2D eigenvalue weighted by molar-refractivity contribution is 8.24. The zero-order valence-corrected chi connectivity index (χ0v) is 33.2. The lowest BCUT2D eigenvalue weighted by molar-refractivity contribution is 0.504. The van der Waals surface area contributed by atoms with Crippen LogP contribution in [0, 0.1) is 34.0 Å². The number of hydrogen-bond donors (Lipinski definition) is 3. The molecular formula is C35H66N6O6S3. The van der Waals surface area contributed by atoms with Gasteiger partial charge in [0.1, 0.15) is 0 Å². The fourth-order valence-corrected chi connectivity index (χ4v) is 13.5. The van der Waals surface area contributed by atoms with Crippen LogP contribution < -0.4 is 14.2 Å². The van der Waals surface area contributed by atoms with Gasteiger partial charge in [-0.15, -0.1) is 0 Å². The maximum absolute atomic E-state index is 14.2. The van der Waals surface area contributed by atoms with Crippen molar-refractivity contribution in [1.82, 2.24) is 14.2 Å². The van der Waals surface area contributed by atoms with Crippen LogP contribution in [0.5, 0.6) is 0 Å². The largest absolute Gasteiger partial charge is 0.313 e. The summed E-state index contributed by atoms with van der Waals surface area (Å²) in [6.07, 6.45) is 17.6. The summed E-state index contributed by atoms with van der Waals surface area (Å²) in [4.78, 5) is 0. The Hall–Kier alpha value is -1.80. The van der Waals surface area contributed by atoms with E-state index >= 15 is 0 Å². The van der Waals surface area contributed by atoms with E-state index in [2.05, 4.69) is 32.4 Å². The van der Waals surface area contributed by atoms with E-state index < -0.39 is 39.9 Å². The van der Waals surface area contributed by atoms with Crippen molar-refractivity contribution in [2.75, 3.05) is 19.6 Å². The first-order valence-electron chi connectivity index (χ1n) is 19.1. The van der Waals surface area contributed by atoms with Crippen molar-refractivity contribution in [2.24, 2.45) is 0 Å². The molecule has 50 heavy (non-hydrogen) atoms. The quantitative estimate of drug-likeness (QED) is 0.0538. The van der Waals surface area contributed by atoms with E-state index in [1.165, 1.54) is 0 Å². The summed E-state index contributed by atoms with van der Waals surface area (Å²) < 4.78 is 89.0. The Morgan fingerprint density at radius 2 is 0.660 bits per heavy atom. The normalized spacial score (nSPS) is 12.4. The third kappa shape index (κ3) is 19.7. The number of sulfonamides is 3. The smallest absolute Gasteiger partial charge is 0.213 e. The average Bonchev–Trinajstić information content (AvgIpc) is 3.07. The highest BCUT2D eigenvalue weighted by atomic mass is 32.3. The maximum Gasteiger partial charge on any atom is 0.313 e. The predicted molar refractivity (Wildman–Crippen MR) is 201 cm³/mol. The van der Waals surface area contributed by atoms with Crippen LogP contribution in [0.1, 0.15) is 180 Å². The SMILES string of the molecule is CCCCCCCC(S(=O)(=O)NCCCCCCCCC#N)(S(=O)(=O)NCCCCCCCCC#N)S(=O)(=O)NCCCCCCCCC#N. The molecule has 15 heteroatoms. The summed E-state index contributed by atoms with van der Waals surface area (Å²) >= 11 is 0. The summed E-state index contributed by atoms with van der Waals surface area (Å²) in [5, 5.41) is 26.1. The molecule has 0 radical (unpaired) electrons. The Bertz CT molecular complexity index is 1170. The van der Waals surface area contributed by atoms with Gasteiger partial charge in [-0.1, -0.05) is 110 Å². The van der Waals surface area contributed by atoms with Crippen LogP contribution in [0.25, 0.3) is 0 Å². The molecule has 0 aliphatic heterocycles. The Labute approximate surface area is 305 Å². The van der Waals surface area contributed by atoms with E-state index in [9.17, 15) is 25.3 Å². The number of nitriles is 3. The van der Waals surface area contributed by atoms with Crippen LogP contribution in [0.3, 0.4) is 0 Å². The second-order valence-electron chi connectivity index (χ2n) is 13.1. The Morgan fingerprint density at radius 3 is 0.960 bits per heavy atom. The molecule has 0 aromatic heterocycles. The van der Waals surface area contributed by atoms with Crippen molar-refractivity contribution in [1.29, 1.82) is 15.8 Å². The number of unbranched alkanes of at least 4 members (excludes halogenated alkanes) is 22. The van der Waals surface area contributed by atoms with Gasteiger partial charge < -0.3 is 0 Å². The molecule has 0 bridgehead atoms. The minimum Gasteiger partial charge on any atom is -0.213 e. The fraction of sp³-hybridized carbons (Fsp3) is 0.914. The lowest BCUT2D eigenvalue weighted by Gasteiger charge is -2.33. The van der Waals surface area contributed by atoms with Gasteiger partial charge in [-0.3, -0.25) is 0 Å². The van der Waals surface area contributed by atoms with Gasteiger partial charge >= 0.3 is 3.41 Å². The van der Waals surface area contributed by atoms with E-state index in [0.717, 1.165) is 96.3 Å². The Kier molecular flexibility index (Phi) is 28.7. The highest BCUT2D eigenvalue weighted by Gasteiger charge is 2.64. The van der Waals surface area contributed by atoms with E-state index in [1.54, 1.807) is 0 Å². The highest BCUT2D eigenvalue weighted by Crippen LogP contribution is 2.36. The molecule has 0 rings (SSSR count). The third-order valence-electron chi connectivity index (χ3n) is 8.84. The number of nitrogens with one attached hydrogen (secondary N) is 3. The number of nitrogens with zero attached hydrogens (tertiary/aromatic N) is 3. The summed E-state index contributed by atoms with van der Waals surface area (Å²) in [5.41, 5.74) is 0. The minimum absolute atomic E-state index is 0.0826. The van der Waals surface area contributed by atoms with Gasteiger partial charge in [0.25, 0.3) is 0 Å². The third-order valence-corrected chi connectivity index (χ3v) is 17.6. The molecule has 0 spiro atoms. The maximum atomic E-state index is 14.2. The monoisotopic (exact) mass is 762 g/mol. The number of rotatable bonds is 36. The predicted octanol–water partition coefficient (Wildman–Crippen LogP) is 7.52. The van der Waals surface area contributed by atoms with Crippen molar-refractivity contribution in [3.05, 3.63) is 0 Å². The topological polar surface area (TPSA) is 210 Å². The van der Waals surface area contributed by atoms with Crippen LogP contribution >= 0.6 is 0 Å². The molecule has 0 saturated carbocycles. The summed E-state index contributed by atoms with van der Waals surface area (Å²) in [6, 6.07) is 6.35. The van der Waals surface area contributed by atoms with Gasteiger partial charge in [-0.05, 0) is 44.9 Å². The van der Waals surface area contributed by atoms with Crippen LogP contribution in [0.4, 0.5) is 0 Å². The lowest BCUT2D eigenvalue weighted by Crippen LogP contribution is -2.63. The molecule has 0 amide bonds. The second-order valence-corrected chi connectivity index (χ2v) is 19.9. The first-order chi connectivity index (χ1) is 24.0. The molecule has 0 unspecified atom stereocenters. The van der Waals surface area contributed by atoms with E-state index in [1.807, 2.05) is 6.92 Å². The van der Waals surface area contributed by atoms with Crippen molar-refractivity contribution < 1.29 is 25.3 Å². The van der Waals surface area contributed by atoms with Gasteiger partial charge in [0.15, 0.2) is 0 Å². The first-order valence-corrected chi connectivity index (χ1v) is 23.5. The summed E-state index contributed by atoms with van der Waals surface area (Å²) in [5.74, 6) is 0. The summed E-state index contributed by atoms with van der Waals surface area (Å²) in [7, 11) is -14.9. The summed E-state index contributed by atoms with van der Waals surface area (Å²) in [6.45, 7) is 1.77. The van der Waals surface area contributed by atoms with Gasteiger partial charge in [-0.2, -0.15) is 15.8 Å². The first kappa shape index (κ1) is 48.2.